The van der Waals surface area contributed by atoms with Crippen molar-refractivity contribution in [3.63, 3.8) is 0 Å². The summed E-state index contributed by atoms with van der Waals surface area (Å²) in [6.07, 6.45) is 6.43. The molecule has 2 aromatic rings. The predicted octanol–water partition coefficient (Wildman–Crippen LogP) is 3.27. The van der Waals surface area contributed by atoms with Gasteiger partial charge in [-0.15, -0.1) is 34.2 Å². The summed E-state index contributed by atoms with van der Waals surface area (Å²) in [6.45, 7) is 10.6. The Morgan fingerprint density at radius 2 is 1.73 bits per heavy atom. The summed E-state index contributed by atoms with van der Waals surface area (Å²) in [5.41, 5.74) is 1.20. The van der Waals surface area contributed by atoms with Crippen LogP contribution in [0.25, 0.3) is 0 Å². The van der Waals surface area contributed by atoms with E-state index in [0.29, 0.717) is 13.2 Å². The smallest absolute Gasteiger partial charge is 0.191 e. The van der Waals surface area contributed by atoms with Crippen molar-refractivity contribution in [2.24, 2.45) is 4.99 Å². The standard InChI is InChI=1S/C21H34N6O2.HI/c1-4-22-21(23-12-7-8-14-27-16-25-26-17-27)24-13-11-18-9-10-19(28-5-2)20(15-18)29-6-3;/h9-10,15-17H,4-8,11-14H2,1-3H3,(H2,22,23,24);1H. The van der Waals surface area contributed by atoms with Crippen LogP contribution in [0.3, 0.4) is 0 Å². The van der Waals surface area contributed by atoms with E-state index in [1.165, 1.54) is 5.56 Å². The molecule has 168 valence electrons. The highest BCUT2D eigenvalue weighted by atomic mass is 127. The third-order valence-corrected chi connectivity index (χ3v) is 4.22. The average molecular weight is 530 g/mol. The second kappa shape index (κ2) is 15.8. The molecule has 9 heteroatoms. The summed E-state index contributed by atoms with van der Waals surface area (Å²) in [5, 5.41) is 14.3. The summed E-state index contributed by atoms with van der Waals surface area (Å²) in [5.74, 6) is 2.46. The Labute approximate surface area is 196 Å². The first-order valence-corrected chi connectivity index (χ1v) is 10.5. The Morgan fingerprint density at radius 1 is 1.00 bits per heavy atom. The van der Waals surface area contributed by atoms with Crippen LogP contribution in [-0.2, 0) is 13.0 Å². The van der Waals surface area contributed by atoms with Crippen molar-refractivity contribution in [3.05, 3.63) is 36.4 Å². The molecule has 0 radical (unpaired) electrons. The van der Waals surface area contributed by atoms with E-state index in [1.54, 1.807) is 12.7 Å². The molecule has 0 saturated carbocycles. The van der Waals surface area contributed by atoms with Crippen LogP contribution < -0.4 is 20.1 Å². The second-order valence-corrected chi connectivity index (χ2v) is 6.49. The molecular formula is C21H35IN6O2. The minimum Gasteiger partial charge on any atom is -0.490 e. The fourth-order valence-corrected chi connectivity index (χ4v) is 2.85. The van der Waals surface area contributed by atoms with Gasteiger partial charge >= 0.3 is 0 Å². The number of aliphatic imine (C=N–C) groups is 1. The number of unbranched alkanes of at least 4 members (excludes halogenated alkanes) is 1. The van der Waals surface area contributed by atoms with Gasteiger partial charge in [-0.1, -0.05) is 6.07 Å². The van der Waals surface area contributed by atoms with Gasteiger partial charge in [-0.05, 0) is 57.7 Å². The van der Waals surface area contributed by atoms with Gasteiger partial charge in [-0.25, -0.2) is 0 Å². The number of hydrogen-bond donors (Lipinski definition) is 2. The Kier molecular flexibility index (Phi) is 13.7. The first-order valence-electron chi connectivity index (χ1n) is 10.5. The fourth-order valence-electron chi connectivity index (χ4n) is 2.85. The van der Waals surface area contributed by atoms with Crippen LogP contribution >= 0.6 is 24.0 Å². The lowest BCUT2D eigenvalue weighted by Crippen LogP contribution is -2.38. The number of nitrogens with one attached hydrogen (secondary N) is 2. The molecule has 0 unspecified atom stereocenters. The lowest BCUT2D eigenvalue weighted by molar-refractivity contribution is 0.287. The molecule has 0 bridgehead atoms. The van der Waals surface area contributed by atoms with E-state index in [0.717, 1.165) is 62.9 Å². The topological polar surface area (TPSA) is 85.6 Å². The predicted molar refractivity (Wildman–Crippen MR) is 131 cm³/mol. The van der Waals surface area contributed by atoms with Crippen LogP contribution in [0, 0.1) is 0 Å². The Balaban J connectivity index is 0.00000450. The van der Waals surface area contributed by atoms with Gasteiger partial charge in [-0.2, -0.15) is 0 Å². The van der Waals surface area contributed by atoms with Crippen molar-refractivity contribution in [1.82, 2.24) is 25.4 Å². The van der Waals surface area contributed by atoms with Gasteiger partial charge in [0.15, 0.2) is 17.5 Å². The van der Waals surface area contributed by atoms with E-state index in [1.807, 2.05) is 24.5 Å². The number of hydrogen-bond acceptors (Lipinski definition) is 5. The highest BCUT2D eigenvalue weighted by molar-refractivity contribution is 14.0. The monoisotopic (exact) mass is 530 g/mol. The van der Waals surface area contributed by atoms with Crippen LogP contribution in [0.15, 0.2) is 35.8 Å². The molecule has 0 saturated heterocycles. The summed E-state index contributed by atoms with van der Waals surface area (Å²) in [4.78, 5) is 4.66. The van der Waals surface area contributed by atoms with Gasteiger partial charge in [0, 0.05) is 26.2 Å². The second-order valence-electron chi connectivity index (χ2n) is 6.49. The molecule has 1 aromatic heterocycles. The molecule has 1 heterocycles. The Morgan fingerprint density at radius 3 is 2.43 bits per heavy atom. The zero-order valence-electron chi connectivity index (χ0n) is 18.3. The zero-order valence-corrected chi connectivity index (χ0v) is 20.6. The van der Waals surface area contributed by atoms with Crippen LogP contribution in [0.1, 0.15) is 39.2 Å². The van der Waals surface area contributed by atoms with Crippen LogP contribution in [-0.4, -0.2) is 53.6 Å². The largest absolute Gasteiger partial charge is 0.490 e. The van der Waals surface area contributed by atoms with Gasteiger partial charge in [0.05, 0.1) is 13.2 Å². The average Bonchev–Trinajstić information content (AvgIpc) is 3.23. The normalized spacial score (nSPS) is 11.0. The van der Waals surface area contributed by atoms with Crippen LogP contribution in [0.5, 0.6) is 11.5 Å². The Bertz CT molecular complexity index is 724. The third-order valence-electron chi connectivity index (χ3n) is 4.22. The van der Waals surface area contributed by atoms with E-state index < -0.39 is 0 Å². The first-order chi connectivity index (χ1) is 14.3. The van der Waals surface area contributed by atoms with E-state index >= 15 is 0 Å². The van der Waals surface area contributed by atoms with Crippen molar-refractivity contribution >= 4 is 29.9 Å². The molecule has 0 atom stereocenters. The molecule has 2 rings (SSSR count). The van der Waals surface area contributed by atoms with Gasteiger partial charge in [0.25, 0.3) is 0 Å². The highest BCUT2D eigenvalue weighted by Gasteiger charge is 2.06. The quantitative estimate of drug-likeness (QED) is 0.179. The van der Waals surface area contributed by atoms with Crippen molar-refractivity contribution in [2.75, 3.05) is 32.8 Å². The maximum absolute atomic E-state index is 5.71. The summed E-state index contributed by atoms with van der Waals surface area (Å²) in [7, 11) is 0. The molecule has 1 aromatic carbocycles. The molecule has 0 aliphatic carbocycles. The van der Waals surface area contributed by atoms with Gasteiger partial charge in [0.2, 0.25) is 0 Å². The number of ether oxygens (including phenoxy) is 2. The number of rotatable bonds is 13. The lowest BCUT2D eigenvalue weighted by atomic mass is 10.1. The minimum atomic E-state index is 0. The molecule has 0 aliphatic rings. The maximum Gasteiger partial charge on any atom is 0.191 e. The van der Waals surface area contributed by atoms with Gasteiger partial charge in [-0.3, -0.25) is 4.99 Å². The number of aryl methyl sites for hydroxylation is 1. The fraction of sp³-hybridized carbons (Fsp3) is 0.571. The molecule has 0 amide bonds. The molecule has 0 spiro atoms. The first kappa shape index (κ1) is 26.0. The van der Waals surface area contributed by atoms with Crippen LogP contribution in [0.2, 0.25) is 0 Å². The molecule has 2 N–H and O–H groups in total. The van der Waals surface area contributed by atoms with Crippen molar-refractivity contribution in [2.45, 2.75) is 46.6 Å². The molecule has 0 aliphatic heterocycles. The molecular weight excluding hydrogens is 495 g/mol. The number of guanidine groups is 1. The third kappa shape index (κ3) is 9.64. The number of aromatic nitrogens is 3. The van der Waals surface area contributed by atoms with E-state index in [9.17, 15) is 0 Å². The van der Waals surface area contributed by atoms with Crippen molar-refractivity contribution in [1.29, 1.82) is 0 Å². The van der Waals surface area contributed by atoms with Crippen LogP contribution in [0.4, 0.5) is 0 Å². The summed E-state index contributed by atoms with van der Waals surface area (Å²) in [6, 6.07) is 6.13. The number of nitrogens with zero attached hydrogens (tertiary/aromatic N) is 4. The van der Waals surface area contributed by atoms with E-state index in [4.69, 9.17) is 9.47 Å². The number of benzene rings is 1. The van der Waals surface area contributed by atoms with Gasteiger partial charge < -0.3 is 24.7 Å². The van der Waals surface area contributed by atoms with Gasteiger partial charge in [0.1, 0.15) is 12.7 Å². The molecule has 30 heavy (non-hydrogen) atoms. The number of halogens is 1. The summed E-state index contributed by atoms with van der Waals surface area (Å²) >= 11 is 0. The Hall–Kier alpha value is -2.04. The minimum absolute atomic E-state index is 0. The molecule has 0 fully saturated rings. The lowest BCUT2D eigenvalue weighted by Gasteiger charge is -2.14. The van der Waals surface area contributed by atoms with E-state index in [2.05, 4.69) is 44.9 Å². The SMILES string of the molecule is CCNC(=NCCCCn1cnnc1)NCCc1ccc(OCC)c(OCC)c1.I. The molecule has 8 nitrogen and oxygen atoms in total. The van der Waals surface area contributed by atoms with E-state index in [-0.39, 0.29) is 24.0 Å². The van der Waals surface area contributed by atoms with Crippen molar-refractivity contribution in [3.8, 4) is 11.5 Å². The van der Waals surface area contributed by atoms with Crippen molar-refractivity contribution < 1.29 is 9.47 Å². The summed E-state index contributed by atoms with van der Waals surface area (Å²) < 4.78 is 13.3. The maximum atomic E-state index is 5.71. The highest BCUT2D eigenvalue weighted by Crippen LogP contribution is 2.28. The zero-order chi connectivity index (χ0) is 20.7.